The van der Waals surface area contributed by atoms with Gasteiger partial charge < -0.3 is 24.0 Å². The van der Waals surface area contributed by atoms with Gasteiger partial charge in [-0.25, -0.2) is 0 Å². The first-order chi connectivity index (χ1) is 21.6. The Morgan fingerprint density at radius 1 is 0.682 bits per heavy atom. The SMILES string of the molecule is CC.CCCCOc1ccc(C(=O)N(CCN(CCCC)CCCC)Cc2ccc(OC)c(OCc3ccccc3)c2)cc1. The third-order valence-corrected chi connectivity index (χ3v) is 7.34. The summed E-state index contributed by atoms with van der Waals surface area (Å²) in [6, 6.07) is 23.6. The van der Waals surface area contributed by atoms with Gasteiger partial charge in [0, 0.05) is 25.2 Å². The molecule has 0 saturated heterocycles. The lowest BCUT2D eigenvalue weighted by atomic mass is 10.1. The zero-order chi connectivity index (χ0) is 32.0. The fourth-order valence-electron chi connectivity index (χ4n) is 4.71. The van der Waals surface area contributed by atoms with Crippen molar-refractivity contribution >= 4 is 5.91 Å². The molecule has 3 rings (SSSR count). The summed E-state index contributed by atoms with van der Waals surface area (Å²) >= 11 is 0. The molecule has 0 aliphatic carbocycles. The van der Waals surface area contributed by atoms with E-state index in [0.29, 0.717) is 43.4 Å². The van der Waals surface area contributed by atoms with Crippen LogP contribution in [0.2, 0.25) is 0 Å². The Hall–Kier alpha value is -3.51. The van der Waals surface area contributed by atoms with Gasteiger partial charge in [-0.3, -0.25) is 4.79 Å². The molecule has 0 atom stereocenters. The standard InChI is InChI=1S/C36H50N2O4.C2H6/c1-5-8-22-37(23-9-6-2)24-25-38(36(39)32-17-19-33(20-18-32)41-26-10-7-3)28-31-16-21-34(40-4)35(27-31)42-29-30-14-12-11-13-15-30;1-2/h11-21,27H,5-10,22-26,28-29H2,1-4H3;1-2H3. The molecule has 0 heterocycles. The predicted octanol–water partition coefficient (Wildman–Crippen LogP) is 9.02. The molecule has 1 amide bonds. The molecule has 6 nitrogen and oxygen atoms in total. The van der Waals surface area contributed by atoms with E-state index in [2.05, 4.69) is 25.7 Å². The summed E-state index contributed by atoms with van der Waals surface area (Å²) in [5.74, 6) is 2.17. The molecule has 0 fully saturated rings. The average molecular weight is 605 g/mol. The highest BCUT2D eigenvalue weighted by atomic mass is 16.5. The van der Waals surface area contributed by atoms with Crippen molar-refractivity contribution in [2.24, 2.45) is 0 Å². The summed E-state index contributed by atoms with van der Waals surface area (Å²) in [6.45, 7) is 15.8. The summed E-state index contributed by atoms with van der Waals surface area (Å²) in [7, 11) is 1.65. The van der Waals surface area contributed by atoms with Crippen molar-refractivity contribution in [3.05, 3.63) is 89.5 Å². The van der Waals surface area contributed by atoms with Crippen LogP contribution in [0.15, 0.2) is 72.8 Å². The molecule has 0 aliphatic rings. The number of ether oxygens (including phenoxy) is 3. The zero-order valence-electron chi connectivity index (χ0n) is 28.1. The molecule has 0 spiro atoms. The normalized spacial score (nSPS) is 10.6. The molecule has 0 N–H and O–H groups in total. The first kappa shape index (κ1) is 36.7. The summed E-state index contributed by atoms with van der Waals surface area (Å²) in [5, 5.41) is 0. The molecule has 242 valence electrons. The van der Waals surface area contributed by atoms with Crippen molar-refractivity contribution < 1.29 is 19.0 Å². The Bertz CT molecular complexity index is 1160. The number of amides is 1. The number of rotatable bonds is 20. The molecule has 0 aliphatic heterocycles. The molecule has 44 heavy (non-hydrogen) atoms. The van der Waals surface area contributed by atoms with E-state index in [1.54, 1.807) is 7.11 Å². The maximum atomic E-state index is 13.9. The molecular formula is C38H56N2O4. The lowest BCUT2D eigenvalue weighted by Gasteiger charge is -2.28. The Morgan fingerprint density at radius 2 is 1.34 bits per heavy atom. The van der Waals surface area contributed by atoms with Gasteiger partial charge in [-0.1, -0.05) is 90.3 Å². The maximum absolute atomic E-state index is 13.9. The zero-order valence-corrected chi connectivity index (χ0v) is 28.1. The molecule has 3 aromatic rings. The van der Waals surface area contributed by atoms with Crippen LogP contribution in [-0.2, 0) is 13.2 Å². The predicted molar refractivity (Wildman–Crippen MR) is 183 cm³/mol. The third-order valence-electron chi connectivity index (χ3n) is 7.34. The van der Waals surface area contributed by atoms with E-state index in [1.165, 1.54) is 0 Å². The summed E-state index contributed by atoms with van der Waals surface area (Å²) in [5.41, 5.74) is 2.75. The van der Waals surface area contributed by atoms with E-state index >= 15 is 0 Å². The minimum atomic E-state index is 0.0172. The second-order valence-electron chi connectivity index (χ2n) is 10.8. The van der Waals surface area contributed by atoms with E-state index in [9.17, 15) is 4.79 Å². The summed E-state index contributed by atoms with van der Waals surface area (Å²) in [4.78, 5) is 18.4. The van der Waals surface area contributed by atoms with E-state index in [0.717, 1.165) is 75.0 Å². The van der Waals surface area contributed by atoms with Crippen LogP contribution in [-0.4, -0.2) is 55.6 Å². The molecule has 0 saturated carbocycles. The van der Waals surface area contributed by atoms with Crippen molar-refractivity contribution in [2.75, 3.05) is 39.9 Å². The van der Waals surface area contributed by atoms with Crippen molar-refractivity contribution in [1.29, 1.82) is 0 Å². The number of methoxy groups -OCH3 is 1. The average Bonchev–Trinajstić information content (AvgIpc) is 3.08. The third kappa shape index (κ3) is 13.0. The van der Waals surface area contributed by atoms with Gasteiger partial charge in [0.15, 0.2) is 11.5 Å². The second kappa shape index (κ2) is 22.1. The number of nitrogens with zero attached hydrogens (tertiary/aromatic N) is 2. The first-order valence-corrected chi connectivity index (χ1v) is 16.7. The minimum Gasteiger partial charge on any atom is -0.494 e. The number of carbonyl (C=O) groups excluding carboxylic acids is 1. The van der Waals surface area contributed by atoms with E-state index in [-0.39, 0.29) is 5.91 Å². The van der Waals surface area contributed by atoms with Gasteiger partial charge in [-0.2, -0.15) is 0 Å². The van der Waals surface area contributed by atoms with Crippen LogP contribution in [0.4, 0.5) is 0 Å². The minimum absolute atomic E-state index is 0.0172. The number of hydrogen-bond acceptors (Lipinski definition) is 5. The topological polar surface area (TPSA) is 51.2 Å². The highest BCUT2D eigenvalue weighted by Crippen LogP contribution is 2.30. The quantitative estimate of drug-likeness (QED) is 0.120. The smallest absolute Gasteiger partial charge is 0.254 e. The molecule has 0 radical (unpaired) electrons. The highest BCUT2D eigenvalue weighted by Gasteiger charge is 2.19. The van der Waals surface area contributed by atoms with Crippen molar-refractivity contribution in [3.63, 3.8) is 0 Å². The monoisotopic (exact) mass is 604 g/mol. The van der Waals surface area contributed by atoms with Gasteiger partial charge in [0.25, 0.3) is 5.91 Å². The van der Waals surface area contributed by atoms with Gasteiger partial charge in [-0.05, 0) is 79.9 Å². The first-order valence-electron chi connectivity index (χ1n) is 16.7. The molecule has 3 aromatic carbocycles. The lowest BCUT2D eigenvalue weighted by Crippen LogP contribution is -2.39. The fourth-order valence-corrected chi connectivity index (χ4v) is 4.71. The van der Waals surface area contributed by atoms with Crippen LogP contribution in [0.3, 0.4) is 0 Å². The molecular weight excluding hydrogens is 548 g/mol. The second-order valence-corrected chi connectivity index (χ2v) is 10.8. The molecule has 0 unspecified atom stereocenters. The van der Waals surface area contributed by atoms with Crippen LogP contribution < -0.4 is 14.2 Å². The maximum Gasteiger partial charge on any atom is 0.254 e. The van der Waals surface area contributed by atoms with Crippen LogP contribution in [0, 0.1) is 0 Å². The summed E-state index contributed by atoms with van der Waals surface area (Å²) in [6.07, 6.45) is 6.75. The van der Waals surface area contributed by atoms with Gasteiger partial charge >= 0.3 is 0 Å². The van der Waals surface area contributed by atoms with Crippen LogP contribution in [0.25, 0.3) is 0 Å². The Kier molecular flexibility index (Phi) is 18.4. The van der Waals surface area contributed by atoms with Gasteiger partial charge in [0.05, 0.1) is 13.7 Å². The van der Waals surface area contributed by atoms with Crippen molar-refractivity contribution in [3.8, 4) is 17.2 Å². The molecule has 6 heteroatoms. The van der Waals surface area contributed by atoms with E-state index < -0.39 is 0 Å². The largest absolute Gasteiger partial charge is 0.494 e. The van der Waals surface area contributed by atoms with Crippen molar-refractivity contribution in [2.45, 2.75) is 86.3 Å². The number of carbonyl (C=O) groups is 1. The molecule has 0 bridgehead atoms. The lowest BCUT2D eigenvalue weighted by molar-refractivity contribution is 0.0720. The van der Waals surface area contributed by atoms with Crippen molar-refractivity contribution in [1.82, 2.24) is 9.80 Å². The van der Waals surface area contributed by atoms with E-state index in [1.807, 2.05) is 91.5 Å². The number of benzene rings is 3. The Balaban J connectivity index is 0.00000330. The van der Waals surface area contributed by atoms with Crippen LogP contribution >= 0.6 is 0 Å². The van der Waals surface area contributed by atoms with Gasteiger partial charge in [-0.15, -0.1) is 0 Å². The van der Waals surface area contributed by atoms with Gasteiger partial charge in [0.1, 0.15) is 12.4 Å². The van der Waals surface area contributed by atoms with Crippen LogP contribution in [0.5, 0.6) is 17.2 Å². The fraction of sp³-hybridized carbons (Fsp3) is 0.500. The number of unbranched alkanes of at least 4 members (excludes halogenated alkanes) is 3. The Morgan fingerprint density at radius 3 is 1.95 bits per heavy atom. The van der Waals surface area contributed by atoms with Gasteiger partial charge in [0.2, 0.25) is 0 Å². The van der Waals surface area contributed by atoms with Crippen LogP contribution in [0.1, 0.15) is 94.6 Å². The Labute approximate surface area is 267 Å². The highest BCUT2D eigenvalue weighted by molar-refractivity contribution is 5.94. The summed E-state index contributed by atoms with van der Waals surface area (Å²) < 4.78 is 17.6. The number of hydrogen-bond donors (Lipinski definition) is 0. The van der Waals surface area contributed by atoms with E-state index in [4.69, 9.17) is 14.2 Å². The molecule has 0 aromatic heterocycles.